The molecule has 2 rings (SSSR count). The molecule has 0 aromatic heterocycles. The van der Waals surface area contributed by atoms with Gasteiger partial charge in [0.25, 0.3) is 5.91 Å². The Balaban J connectivity index is 2.12. The Bertz CT molecular complexity index is 616. The standard InChI is InChI=1S/C20H29NO5/c1-4-6-12-26-17-10-9-15(13-18(17)25-5-2)19(22)21-11-7-8-16(14-21)20(23)24-3/h9-10,13,16H,4-8,11-12,14H2,1-3H3. The third-order valence-electron chi connectivity index (χ3n) is 4.49. The summed E-state index contributed by atoms with van der Waals surface area (Å²) in [5.41, 5.74) is 0.543. The molecule has 1 aliphatic rings. The Morgan fingerprint density at radius 1 is 1.19 bits per heavy atom. The Morgan fingerprint density at radius 3 is 2.69 bits per heavy atom. The minimum Gasteiger partial charge on any atom is -0.490 e. The zero-order valence-corrected chi connectivity index (χ0v) is 16.0. The van der Waals surface area contributed by atoms with Crippen molar-refractivity contribution in [2.75, 3.05) is 33.4 Å². The molecule has 26 heavy (non-hydrogen) atoms. The SMILES string of the molecule is CCCCOc1ccc(C(=O)N2CCCC(C(=O)OC)C2)cc1OCC. The molecule has 0 spiro atoms. The zero-order valence-electron chi connectivity index (χ0n) is 16.0. The van der Waals surface area contributed by atoms with E-state index in [9.17, 15) is 9.59 Å². The van der Waals surface area contributed by atoms with E-state index in [2.05, 4.69) is 6.92 Å². The molecule has 1 saturated heterocycles. The molecule has 6 nitrogen and oxygen atoms in total. The van der Waals surface area contributed by atoms with E-state index in [1.54, 1.807) is 23.1 Å². The van der Waals surface area contributed by atoms with Crippen LogP contribution in [0.4, 0.5) is 0 Å². The van der Waals surface area contributed by atoms with Crippen molar-refractivity contribution in [3.8, 4) is 11.5 Å². The third-order valence-corrected chi connectivity index (χ3v) is 4.49. The number of nitrogens with zero attached hydrogens (tertiary/aromatic N) is 1. The van der Waals surface area contributed by atoms with Gasteiger partial charge in [-0.05, 0) is 44.4 Å². The van der Waals surface area contributed by atoms with E-state index in [0.717, 1.165) is 25.7 Å². The normalized spacial score (nSPS) is 16.9. The average Bonchev–Trinajstić information content (AvgIpc) is 2.68. The third kappa shape index (κ3) is 5.13. The molecule has 1 aromatic carbocycles. The molecule has 1 amide bonds. The van der Waals surface area contributed by atoms with Gasteiger partial charge in [-0.1, -0.05) is 13.3 Å². The van der Waals surface area contributed by atoms with Crippen molar-refractivity contribution >= 4 is 11.9 Å². The largest absolute Gasteiger partial charge is 0.490 e. The van der Waals surface area contributed by atoms with Crippen LogP contribution in [-0.2, 0) is 9.53 Å². The van der Waals surface area contributed by atoms with Gasteiger partial charge in [-0.3, -0.25) is 9.59 Å². The van der Waals surface area contributed by atoms with Gasteiger partial charge in [0.05, 0.1) is 26.2 Å². The summed E-state index contributed by atoms with van der Waals surface area (Å²) < 4.78 is 16.2. The Kier molecular flexibility index (Phi) is 7.75. The first-order chi connectivity index (χ1) is 12.6. The second-order valence-corrected chi connectivity index (χ2v) is 6.41. The number of ether oxygens (including phenoxy) is 3. The number of rotatable bonds is 8. The maximum absolute atomic E-state index is 12.9. The lowest BCUT2D eigenvalue weighted by molar-refractivity contribution is -0.146. The van der Waals surface area contributed by atoms with Crippen molar-refractivity contribution in [2.24, 2.45) is 5.92 Å². The molecule has 0 radical (unpaired) electrons. The van der Waals surface area contributed by atoms with Gasteiger partial charge in [0.15, 0.2) is 11.5 Å². The quantitative estimate of drug-likeness (QED) is 0.524. The van der Waals surface area contributed by atoms with Crippen molar-refractivity contribution in [1.29, 1.82) is 0 Å². The van der Waals surface area contributed by atoms with Crippen LogP contribution in [0.1, 0.15) is 49.9 Å². The second kappa shape index (κ2) is 10.0. The number of unbranched alkanes of at least 4 members (excludes halogenated alkanes) is 1. The van der Waals surface area contributed by atoms with Crippen LogP contribution >= 0.6 is 0 Å². The summed E-state index contributed by atoms with van der Waals surface area (Å²) in [6, 6.07) is 5.28. The van der Waals surface area contributed by atoms with E-state index in [1.165, 1.54) is 7.11 Å². The van der Waals surface area contributed by atoms with Gasteiger partial charge in [-0.25, -0.2) is 0 Å². The van der Waals surface area contributed by atoms with Crippen LogP contribution in [0.3, 0.4) is 0 Å². The fraction of sp³-hybridized carbons (Fsp3) is 0.600. The van der Waals surface area contributed by atoms with Gasteiger partial charge in [-0.15, -0.1) is 0 Å². The summed E-state index contributed by atoms with van der Waals surface area (Å²) in [5, 5.41) is 0. The number of hydrogen-bond acceptors (Lipinski definition) is 5. The van der Waals surface area contributed by atoms with Crippen LogP contribution in [0, 0.1) is 5.92 Å². The smallest absolute Gasteiger partial charge is 0.310 e. The molecule has 0 saturated carbocycles. The number of amides is 1. The Hall–Kier alpha value is -2.24. The molecule has 1 unspecified atom stereocenters. The molecule has 1 atom stereocenters. The van der Waals surface area contributed by atoms with Crippen molar-refractivity contribution in [3.63, 3.8) is 0 Å². The summed E-state index contributed by atoms with van der Waals surface area (Å²) in [6.07, 6.45) is 3.57. The topological polar surface area (TPSA) is 65.1 Å². The van der Waals surface area contributed by atoms with Crippen molar-refractivity contribution in [3.05, 3.63) is 23.8 Å². The summed E-state index contributed by atoms with van der Waals surface area (Å²) in [7, 11) is 1.38. The van der Waals surface area contributed by atoms with E-state index in [1.807, 2.05) is 6.92 Å². The van der Waals surface area contributed by atoms with E-state index >= 15 is 0 Å². The highest BCUT2D eigenvalue weighted by molar-refractivity contribution is 5.95. The Labute approximate surface area is 155 Å². The highest BCUT2D eigenvalue weighted by atomic mass is 16.5. The highest BCUT2D eigenvalue weighted by Gasteiger charge is 2.29. The number of carbonyl (C=O) groups excluding carboxylic acids is 2. The molecule has 1 aromatic rings. The molecule has 6 heteroatoms. The van der Waals surface area contributed by atoms with E-state index < -0.39 is 0 Å². The number of likely N-dealkylation sites (tertiary alicyclic amines) is 1. The number of carbonyl (C=O) groups is 2. The summed E-state index contributed by atoms with van der Waals surface area (Å²) in [5.74, 6) is 0.636. The van der Waals surface area contributed by atoms with Gasteiger partial charge in [0, 0.05) is 18.7 Å². The van der Waals surface area contributed by atoms with Gasteiger partial charge in [-0.2, -0.15) is 0 Å². The minimum absolute atomic E-state index is 0.0975. The Morgan fingerprint density at radius 2 is 2.00 bits per heavy atom. The van der Waals surface area contributed by atoms with Crippen LogP contribution in [0.5, 0.6) is 11.5 Å². The molecule has 1 fully saturated rings. The van der Waals surface area contributed by atoms with Gasteiger partial charge >= 0.3 is 5.97 Å². The zero-order chi connectivity index (χ0) is 18.9. The maximum Gasteiger partial charge on any atom is 0.310 e. The lowest BCUT2D eigenvalue weighted by Crippen LogP contribution is -2.42. The first kappa shape index (κ1) is 20.1. The van der Waals surface area contributed by atoms with Crippen molar-refractivity contribution < 1.29 is 23.8 Å². The van der Waals surface area contributed by atoms with E-state index in [-0.39, 0.29) is 17.8 Å². The van der Waals surface area contributed by atoms with Crippen LogP contribution in [0.15, 0.2) is 18.2 Å². The molecule has 0 N–H and O–H groups in total. The van der Waals surface area contributed by atoms with Crippen LogP contribution in [-0.4, -0.2) is 50.2 Å². The molecule has 0 aliphatic carbocycles. The van der Waals surface area contributed by atoms with Crippen molar-refractivity contribution in [2.45, 2.75) is 39.5 Å². The summed E-state index contributed by atoms with van der Waals surface area (Å²) in [4.78, 5) is 26.4. The van der Waals surface area contributed by atoms with Crippen LogP contribution < -0.4 is 9.47 Å². The number of benzene rings is 1. The molecule has 0 bridgehead atoms. The van der Waals surface area contributed by atoms with Gasteiger partial charge in [0.1, 0.15) is 0 Å². The molecular weight excluding hydrogens is 334 g/mol. The number of hydrogen-bond donors (Lipinski definition) is 0. The fourth-order valence-corrected chi connectivity index (χ4v) is 3.06. The van der Waals surface area contributed by atoms with E-state index in [4.69, 9.17) is 14.2 Å². The lowest BCUT2D eigenvalue weighted by Gasteiger charge is -2.31. The lowest BCUT2D eigenvalue weighted by atomic mass is 9.97. The van der Waals surface area contributed by atoms with Crippen LogP contribution in [0.2, 0.25) is 0 Å². The van der Waals surface area contributed by atoms with Crippen LogP contribution in [0.25, 0.3) is 0 Å². The highest BCUT2D eigenvalue weighted by Crippen LogP contribution is 2.30. The molecule has 1 aliphatic heterocycles. The first-order valence-electron chi connectivity index (χ1n) is 9.37. The monoisotopic (exact) mass is 363 g/mol. The average molecular weight is 363 g/mol. The van der Waals surface area contributed by atoms with Gasteiger partial charge in [0.2, 0.25) is 0 Å². The fourth-order valence-electron chi connectivity index (χ4n) is 3.06. The number of esters is 1. The molecule has 1 heterocycles. The maximum atomic E-state index is 12.9. The predicted molar refractivity (Wildman–Crippen MR) is 98.7 cm³/mol. The molecule has 144 valence electrons. The summed E-state index contributed by atoms with van der Waals surface area (Å²) in [6.45, 7) is 6.16. The first-order valence-corrected chi connectivity index (χ1v) is 9.37. The number of methoxy groups -OCH3 is 1. The summed E-state index contributed by atoms with van der Waals surface area (Å²) >= 11 is 0. The number of piperidine rings is 1. The predicted octanol–water partition coefficient (Wildman–Crippen LogP) is 3.29. The second-order valence-electron chi connectivity index (χ2n) is 6.41. The minimum atomic E-state index is -0.253. The molecular formula is C20H29NO5. The van der Waals surface area contributed by atoms with Crippen molar-refractivity contribution in [1.82, 2.24) is 4.90 Å². The van der Waals surface area contributed by atoms with Gasteiger partial charge < -0.3 is 19.1 Å². The van der Waals surface area contributed by atoms with E-state index in [0.29, 0.717) is 43.4 Å².